The summed E-state index contributed by atoms with van der Waals surface area (Å²) in [6, 6.07) is 7.37. The number of phenolic OH excluding ortho intramolecular Hbond substituents is 1. The number of thiophene rings is 1. The standard InChI is InChI=1S/C17H22N2O3S2/c1-13-10-14(2)17(20)15(11-13)12-18-5-7-19(8-6-18)24(21,22)16-4-3-9-23-16/h3-4,9-11,20H,5-8,12H2,1-2H3. The Morgan fingerprint density at radius 1 is 1.17 bits per heavy atom. The van der Waals surface area contributed by atoms with Crippen LogP contribution in [0.2, 0.25) is 0 Å². The predicted molar refractivity (Wildman–Crippen MR) is 95.9 cm³/mol. The molecule has 1 aliphatic rings. The molecular formula is C17H22N2O3S2. The van der Waals surface area contributed by atoms with Crippen molar-refractivity contribution in [3.8, 4) is 5.75 Å². The molecule has 1 N–H and O–H groups in total. The number of nitrogens with zero attached hydrogens (tertiary/aromatic N) is 2. The molecule has 2 heterocycles. The number of hydrogen-bond acceptors (Lipinski definition) is 5. The van der Waals surface area contributed by atoms with E-state index in [1.807, 2.05) is 26.0 Å². The summed E-state index contributed by atoms with van der Waals surface area (Å²) in [7, 11) is -3.36. The van der Waals surface area contributed by atoms with Gasteiger partial charge in [-0.1, -0.05) is 23.8 Å². The second-order valence-corrected chi connectivity index (χ2v) is 9.31. The van der Waals surface area contributed by atoms with Crippen LogP contribution in [-0.2, 0) is 16.6 Å². The number of rotatable bonds is 4. The van der Waals surface area contributed by atoms with Crippen molar-refractivity contribution in [2.75, 3.05) is 26.2 Å². The van der Waals surface area contributed by atoms with Crippen molar-refractivity contribution < 1.29 is 13.5 Å². The van der Waals surface area contributed by atoms with Crippen LogP contribution in [0.4, 0.5) is 0 Å². The van der Waals surface area contributed by atoms with Gasteiger partial charge < -0.3 is 5.11 Å². The Morgan fingerprint density at radius 2 is 1.88 bits per heavy atom. The zero-order valence-electron chi connectivity index (χ0n) is 13.9. The monoisotopic (exact) mass is 366 g/mol. The molecule has 3 rings (SSSR count). The summed E-state index contributed by atoms with van der Waals surface area (Å²) in [4.78, 5) is 2.19. The molecule has 24 heavy (non-hydrogen) atoms. The summed E-state index contributed by atoms with van der Waals surface area (Å²) in [5, 5.41) is 12.0. The summed E-state index contributed by atoms with van der Waals surface area (Å²) >= 11 is 1.26. The van der Waals surface area contributed by atoms with Crippen LogP contribution in [0.3, 0.4) is 0 Å². The van der Waals surface area contributed by atoms with E-state index in [2.05, 4.69) is 4.90 Å². The quantitative estimate of drug-likeness (QED) is 0.903. The van der Waals surface area contributed by atoms with Crippen LogP contribution in [0, 0.1) is 13.8 Å². The predicted octanol–water partition coefficient (Wildman–Crippen LogP) is 2.58. The Kier molecular flexibility index (Phi) is 4.96. The highest BCUT2D eigenvalue weighted by Gasteiger charge is 2.29. The molecule has 0 aliphatic carbocycles. The molecule has 2 aromatic rings. The smallest absolute Gasteiger partial charge is 0.252 e. The topological polar surface area (TPSA) is 60.9 Å². The lowest BCUT2D eigenvalue weighted by molar-refractivity contribution is 0.180. The molecule has 0 bridgehead atoms. The van der Waals surface area contributed by atoms with Crippen LogP contribution in [0.25, 0.3) is 0 Å². The van der Waals surface area contributed by atoms with Gasteiger partial charge >= 0.3 is 0 Å². The lowest BCUT2D eigenvalue weighted by Gasteiger charge is -2.33. The van der Waals surface area contributed by atoms with Gasteiger partial charge in [-0.15, -0.1) is 11.3 Å². The third kappa shape index (κ3) is 3.49. The third-order valence-corrected chi connectivity index (χ3v) is 7.61. The van der Waals surface area contributed by atoms with Crippen LogP contribution in [0.1, 0.15) is 16.7 Å². The minimum atomic E-state index is -3.36. The fourth-order valence-electron chi connectivity index (χ4n) is 3.07. The van der Waals surface area contributed by atoms with Gasteiger partial charge in [0.15, 0.2) is 0 Å². The van der Waals surface area contributed by atoms with E-state index < -0.39 is 10.0 Å². The van der Waals surface area contributed by atoms with E-state index in [-0.39, 0.29) is 0 Å². The molecule has 1 saturated heterocycles. The van der Waals surface area contributed by atoms with Crippen molar-refractivity contribution in [2.24, 2.45) is 0 Å². The highest BCUT2D eigenvalue weighted by atomic mass is 32.2. The molecule has 1 fully saturated rings. The summed E-state index contributed by atoms with van der Waals surface area (Å²) < 4.78 is 27.0. The molecule has 1 aromatic carbocycles. The van der Waals surface area contributed by atoms with Gasteiger partial charge in [-0.05, 0) is 30.9 Å². The van der Waals surface area contributed by atoms with Crippen molar-refractivity contribution in [1.29, 1.82) is 0 Å². The molecule has 0 saturated carbocycles. The normalized spacial score (nSPS) is 17.2. The van der Waals surface area contributed by atoms with Gasteiger partial charge in [-0.25, -0.2) is 8.42 Å². The SMILES string of the molecule is Cc1cc(C)c(O)c(CN2CCN(S(=O)(=O)c3cccs3)CC2)c1. The van der Waals surface area contributed by atoms with Gasteiger partial charge in [0.2, 0.25) is 0 Å². The Balaban J connectivity index is 1.66. The van der Waals surface area contributed by atoms with Gasteiger partial charge in [-0.2, -0.15) is 4.31 Å². The van der Waals surface area contributed by atoms with Gasteiger partial charge in [0.1, 0.15) is 9.96 Å². The van der Waals surface area contributed by atoms with Gasteiger partial charge in [-0.3, -0.25) is 4.90 Å². The highest BCUT2D eigenvalue weighted by molar-refractivity contribution is 7.91. The maximum atomic E-state index is 12.5. The Hall–Kier alpha value is -1.41. The summed E-state index contributed by atoms with van der Waals surface area (Å²) in [6.45, 7) is 6.84. The molecule has 0 spiro atoms. The average Bonchev–Trinajstić information content (AvgIpc) is 3.08. The Labute approximate surface area is 147 Å². The first kappa shape index (κ1) is 17.4. The Morgan fingerprint density at radius 3 is 2.50 bits per heavy atom. The van der Waals surface area contributed by atoms with Crippen LogP contribution in [0.15, 0.2) is 33.9 Å². The molecule has 0 radical (unpaired) electrons. The van der Waals surface area contributed by atoms with Crippen molar-refractivity contribution in [3.05, 3.63) is 46.3 Å². The number of hydrogen-bond donors (Lipinski definition) is 1. The first-order valence-electron chi connectivity index (χ1n) is 7.93. The van der Waals surface area contributed by atoms with Crippen LogP contribution < -0.4 is 0 Å². The Bertz CT molecular complexity index is 809. The molecule has 0 atom stereocenters. The lowest BCUT2D eigenvalue weighted by Crippen LogP contribution is -2.48. The first-order valence-corrected chi connectivity index (χ1v) is 10.2. The van der Waals surface area contributed by atoms with E-state index in [4.69, 9.17) is 0 Å². The minimum absolute atomic E-state index is 0.342. The van der Waals surface area contributed by atoms with Crippen molar-refractivity contribution in [2.45, 2.75) is 24.6 Å². The van der Waals surface area contributed by atoms with Gasteiger partial charge in [0.05, 0.1) is 0 Å². The van der Waals surface area contributed by atoms with E-state index >= 15 is 0 Å². The zero-order chi connectivity index (χ0) is 17.3. The van der Waals surface area contributed by atoms with Gasteiger partial charge in [0.25, 0.3) is 10.0 Å². The molecule has 130 valence electrons. The number of aromatic hydroxyl groups is 1. The van der Waals surface area contributed by atoms with Gasteiger partial charge in [0, 0.05) is 38.3 Å². The second-order valence-electron chi connectivity index (χ2n) is 6.20. The first-order chi connectivity index (χ1) is 11.4. The zero-order valence-corrected chi connectivity index (χ0v) is 15.5. The molecule has 7 heteroatoms. The number of piperazine rings is 1. The van der Waals surface area contributed by atoms with Crippen molar-refractivity contribution in [1.82, 2.24) is 9.21 Å². The van der Waals surface area contributed by atoms with Crippen molar-refractivity contribution >= 4 is 21.4 Å². The highest BCUT2D eigenvalue weighted by Crippen LogP contribution is 2.26. The molecule has 0 unspecified atom stereocenters. The summed E-state index contributed by atoms with van der Waals surface area (Å²) in [5.41, 5.74) is 2.91. The van der Waals surface area contributed by atoms with Crippen LogP contribution in [-0.4, -0.2) is 48.9 Å². The second kappa shape index (κ2) is 6.84. The fraction of sp³-hybridized carbons (Fsp3) is 0.412. The average molecular weight is 367 g/mol. The van der Waals surface area contributed by atoms with Crippen LogP contribution >= 0.6 is 11.3 Å². The molecule has 1 aromatic heterocycles. The van der Waals surface area contributed by atoms with Crippen LogP contribution in [0.5, 0.6) is 5.75 Å². The number of aryl methyl sites for hydroxylation is 2. The number of sulfonamides is 1. The minimum Gasteiger partial charge on any atom is -0.507 e. The maximum Gasteiger partial charge on any atom is 0.252 e. The molecule has 0 amide bonds. The summed E-state index contributed by atoms with van der Waals surface area (Å²) in [5.74, 6) is 0.342. The largest absolute Gasteiger partial charge is 0.507 e. The van der Waals surface area contributed by atoms with E-state index in [0.717, 1.165) is 16.7 Å². The molecule has 5 nitrogen and oxygen atoms in total. The maximum absolute atomic E-state index is 12.5. The fourth-order valence-corrected chi connectivity index (χ4v) is 5.64. The van der Waals surface area contributed by atoms with Crippen molar-refractivity contribution in [3.63, 3.8) is 0 Å². The van der Waals surface area contributed by atoms with E-state index in [1.165, 1.54) is 11.3 Å². The van der Waals surface area contributed by atoms with E-state index in [1.54, 1.807) is 21.8 Å². The molecular weight excluding hydrogens is 344 g/mol. The number of phenols is 1. The van der Waals surface area contributed by atoms with E-state index in [9.17, 15) is 13.5 Å². The third-order valence-electron chi connectivity index (χ3n) is 4.34. The summed E-state index contributed by atoms with van der Waals surface area (Å²) in [6.07, 6.45) is 0. The number of benzene rings is 1. The lowest BCUT2D eigenvalue weighted by atomic mass is 10.0. The molecule has 1 aliphatic heterocycles. The van der Waals surface area contributed by atoms with E-state index in [0.29, 0.717) is 42.7 Å².